The molecule has 0 radical (unpaired) electrons. The van der Waals surface area contributed by atoms with Gasteiger partial charge in [-0.15, -0.1) is 0 Å². The molecule has 0 amide bonds. The Labute approximate surface area is 181 Å². The van der Waals surface area contributed by atoms with Crippen LogP contribution in [-0.4, -0.2) is 34.8 Å². The van der Waals surface area contributed by atoms with Crippen molar-refractivity contribution in [3.8, 4) is 17.2 Å². The number of nitrogens with two attached hydrogens (primary N) is 1. The molecule has 3 aromatic carbocycles. The van der Waals surface area contributed by atoms with Gasteiger partial charge in [-0.2, -0.15) is 0 Å². The second kappa shape index (κ2) is 6.54. The third-order valence-corrected chi connectivity index (χ3v) is 6.24. The maximum Gasteiger partial charge on any atom is 0.341 e. The lowest BCUT2D eigenvalue weighted by molar-refractivity contribution is 0.0695. The van der Waals surface area contributed by atoms with Crippen LogP contribution in [0.1, 0.15) is 16.8 Å². The van der Waals surface area contributed by atoms with Crippen molar-refractivity contribution in [1.29, 1.82) is 0 Å². The fourth-order valence-corrected chi connectivity index (χ4v) is 4.73. The Morgan fingerprint density at radius 1 is 1.19 bits per heavy atom. The molecule has 1 fully saturated rings. The van der Waals surface area contributed by atoms with E-state index < -0.39 is 22.8 Å². The topological polar surface area (TPSA) is 97.8 Å². The maximum atomic E-state index is 15.4. The van der Waals surface area contributed by atoms with Gasteiger partial charge in [0.05, 0.1) is 11.1 Å². The number of pyridine rings is 1. The fraction of sp³-hybridized carbons (Fsp3) is 0.167. The maximum absolute atomic E-state index is 15.4. The summed E-state index contributed by atoms with van der Waals surface area (Å²) < 4.78 is 23.3. The lowest BCUT2D eigenvalue weighted by Gasteiger charge is -2.29. The number of nitrogens with zero attached hydrogens (tertiary/aromatic N) is 2. The van der Waals surface area contributed by atoms with E-state index >= 15 is 4.39 Å². The third-order valence-electron chi connectivity index (χ3n) is 6.24. The number of anilines is 1. The molecule has 1 saturated heterocycles. The van der Waals surface area contributed by atoms with Gasteiger partial charge in [0.2, 0.25) is 5.43 Å². The van der Waals surface area contributed by atoms with Crippen LogP contribution in [0.15, 0.2) is 53.5 Å². The van der Waals surface area contributed by atoms with E-state index in [0.717, 1.165) is 16.8 Å². The number of aromatic carboxylic acids is 1. The van der Waals surface area contributed by atoms with Crippen molar-refractivity contribution in [2.45, 2.75) is 12.5 Å². The molecule has 32 heavy (non-hydrogen) atoms. The van der Waals surface area contributed by atoms with Crippen LogP contribution >= 0.6 is 0 Å². The molecular weight excluding hydrogens is 413 g/mol. The number of fused-ring (bicyclic) bond motifs is 3. The molecule has 0 bridgehead atoms. The number of aromatic nitrogens is 1. The van der Waals surface area contributed by atoms with E-state index in [1.807, 2.05) is 41.3 Å². The Morgan fingerprint density at radius 3 is 2.62 bits per heavy atom. The summed E-state index contributed by atoms with van der Waals surface area (Å²) in [4.78, 5) is 26.5. The van der Waals surface area contributed by atoms with Crippen molar-refractivity contribution < 1.29 is 19.0 Å². The highest BCUT2D eigenvalue weighted by Crippen LogP contribution is 2.47. The second-order valence-electron chi connectivity index (χ2n) is 8.24. The number of hydrogen-bond donors (Lipinski definition) is 2. The van der Waals surface area contributed by atoms with Gasteiger partial charge in [-0.1, -0.05) is 24.3 Å². The van der Waals surface area contributed by atoms with E-state index in [9.17, 15) is 14.7 Å². The number of halogens is 1. The van der Waals surface area contributed by atoms with E-state index in [-0.39, 0.29) is 22.9 Å². The molecule has 6 rings (SSSR count). The van der Waals surface area contributed by atoms with Crippen LogP contribution in [0.4, 0.5) is 10.1 Å². The first kappa shape index (κ1) is 18.8. The SMILES string of the molecule is N[C@@H]1CCN(c2c(F)cc3c(=O)c(C(=O)O)cn4c3c2Oc2cc3ccccc3cc2-4)C1. The van der Waals surface area contributed by atoms with Crippen LogP contribution in [0.5, 0.6) is 11.5 Å². The number of carboxylic acid groups (broad SMARTS) is 1. The molecule has 160 valence electrons. The summed E-state index contributed by atoms with van der Waals surface area (Å²) in [5.41, 5.74) is 6.04. The predicted octanol–water partition coefficient (Wildman–Crippen LogP) is 3.62. The molecule has 3 N–H and O–H groups in total. The van der Waals surface area contributed by atoms with Gasteiger partial charge in [0.25, 0.3) is 0 Å². The number of hydrogen-bond acceptors (Lipinski definition) is 5. The molecule has 0 aliphatic carbocycles. The summed E-state index contributed by atoms with van der Waals surface area (Å²) in [6.07, 6.45) is 2.01. The van der Waals surface area contributed by atoms with Gasteiger partial charge in [0.1, 0.15) is 16.8 Å². The van der Waals surface area contributed by atoms with Crippen LogP contribution in [0.2, 0.25) is 0 Å². The highest BCUT2D eigenvalue weighted by atomic mass is 19.1. The molecule has 8 heteroatoms. The normalized spacial score (nSPS) is 16.9. The van der Waals surface area contributed by atoms with Crippen molar-refractivity contribution in [3.05, 3.63) is 70.3 Å². The molecule has 1 atom stereocenters. The minimum atomic E-state index is -1.37. The van der Waals surface area contributed by atoms with Crippen molar-refractivity contribution in [2.24, 2.45) is 5.73 Å². The first-order valence-electron chi connectivity index (χ1n) is 10.3. The minimum Gasteiger partial charge on any atom is -0.477 e. The molecule has 0 unspecified atom stereocenters. The lowest BCUT2D eigenvalue weighted by Crippen LogP contribution is -2.28. The zero-order valence-electron chi connectivity index (χ0n) is 16.8. The van der Waals surface area contributed by atoms with Crippen molar-refractivity contribution in [3.63, 3.8) is 0 Å². The number of carboxylic acids is 1. The molecule has 7 nitrogen and oxygen atoms in total. The van der Waals surface area contributed by atoms with Crippen LogP contribution in [-0.2, 0) is 0 Å². The summed E-state index contributed by atoms with van der Waals surface area (Å²) in [6.45, 7) is 1.02. The van der Waals surface area contributed by atoms with Gasteiger partial charge < -0.3 is 25.0 Å². The van der Waals surface area contributed by atoms with Crippen molar-refractivity contribution >= 4 is 33.3 Å². The lowest BCUT2D eigenvalue weighted by atomic mass is 10.0. The van der Waals surface area contributed by atoms with Crippen molar-refractivity contribution in [1.82, 2.24) is 4.57 Å². The van der Waals surface area contributed by atoms with E-state index in [4.69, 9.17) is 10.5 Å². The molecule has 4 aromatic rings. The first-order chi connectivity index (χ1) is 15.4. The number of carbonyl (C=O) groups is 1. The largest absolute Gasteiger partial charge is 0.477 e. The average Bonchev–Trinajstić information content (AvgIpc) is 3.19. The van der Waals surface area contributed by atoms with E-state index in [1.54, 1.807) is 4.57 Å². The molecule has 2 aliphatic rings. The number of benzene rings is 3. The monoisotopic (exact) mass is 431 g/mol. The van der Waals surface area contributed by atoms with Crippen molar-refractivity contribution in [2.75, 3.05) is 18.0 Å². The van der Waals surface area contributed by atoms with E-state index in [2.05, 4.69) is 0 Å². The van der Waals surface area contributed by atoms with Gasteiger partial charge in [-0.3, -0.25) is 4.79 Å². The fourth-order valence-electron chi connectivity index (χ4n) is 4.73. The molecule has 0 saturated carbocycles. The molecular formula is C24H18FN3O4. The summed E-state index contributed by atoms with van der Waals surface area (Å²) in [5.74, 6) is -1.36. The van der Waals surface area contributed by atoms with Crippen LogP contribution in [0.25, 0.3) is 27.4 Å². The van der Waals surface area contributed by atoms with Gasteiger partial charge in [0, 0.05) is 25.3 Å². The first-order valence-corrected chi connectivity index (χ1v) is 10.3. The standard InChI is InChI=1S/C24H18FN3O4/c25-17-9-15-20-23(21(17)27-6-5-14(26)10-27)32-19-8-13-4-2-1-3-12(13)7-18(19)28(20)11-16(22(15)29)24(30)31/h1-4,7-9,11,14H,5-6,10,26H2,(H,30,31)/t14-/m1/s1. The molecule has 1 aromatic heterocycles. The second-order valence-corrected chi connectivity index (χ2v) is 8.24. The quantitative estimate of drug-likeness (QED) is 0.443. The van der Waals surface area contributed by atoms with Gasteiger partial charge in [-0.25, -0.2) is 9.18 Å². The summed E-state index contributed by atoms with van der Waals surface area (Å²) in [6, 6.07) is 12.4. The zero-order valence-corrected chi connectivity index (χ0v) is 16.8. The molecule has 0 spiro atoms. The molecule has 3 heterocycles. The van der Waals surface area contributed by atoms with Crippen LogP contribution < -0.4 is 20.8 Å². The summed E-state index contributed by atoms with van der Waals surface area (Å²) in [5, 5.41) is 11.4. The smallest absolute Gasteiger partial charge is 0.341 e. The van der Waals surface area contributed by atoms with E-state index in [0.29, 0.717) is 36.5 Å². The van der Waals surface area contributed by atoms with Crippen LogP contribution in [0.3, 0.4) is 0 Å². The zero-order chi connectivity index (χ0) is 22.1. The van der Waals surface area contributed by atoms with Gasteiger partial charge >= 0.3 is 5.97 Å². The molecule has 2 aliphatic heterocycles. The highest BCUT2D eigenvalue weighted by molar-refractivity contribution is 6.00. The summed E-state index contributed by atoms with van der Waals surface area (Å²) in [7, 11) is 0. The number of ether oxygens (including phenoxy) is 1. The number of rotatable bonds is 2. The highest BCUT2D eigenvalue weighted by Gasteiger charge is 2.32. The Morgan fingerprint density at radius 2 is 1.94 bits per heavy atom. The van der Waals surface area contributed by atoms with Crippen LogP contribution in [0, 0.1) is 5.82 Å². The van der Waals surface area contributed by atoms with Gasteiger partial charge in [-0.05, 0) is 35.4 Å². The summed E-state index contributed by atoms with van der Waals surface area (Å²) >= 11 is 0. The Hall–Kier alpha value is -3.91. The van der Waals surface area contributed by atoms with Gasteiger partial charge in [0.15, 0.2) is 17.3 Å². The Kier molecular flexibility index (Phi) is 3.85. The Balaban J connectivity index is 1.75. The minimum absolute atomic E-state index is 0.0385. The third kappa shape index (κ3) is 2.56. The predicted molar refractivity (Wildman–Crippen MR) is 119 cm³/mol. The average molecular weight is 431 g/mol. The van der Waals surface area contributed by atoms with E-state index in [1.165, 1.54) is 6.20 Å². The Bertz CT molecular complexity index is 1530.